The van der Waals surface area contributed by atoms with Gasteiger partial charge in [0.15, 0.2) is 0 Å². The number of rotatable bonds is 5. The van der Waals surface area contributed by atoms with Gasteiger partial charge in [0.25, 0.3) is 0 Å². The van der Waals surface area contributed by atoms with E-state index in [1.807, 2.05) is 23.9 Å². The van der Waals surface area contributed by atoms with Crippen LogP contribution in [0.25, 0.3) is 0 Å². The minimum atomic E-state index is 0.0257. The van der Waals surface area contributed by atoms with E-state index in [1.165, 1.54) is 0 Å². The summed E-state index contributed by atoms with van der Waals surface area (Å²) in [6, 6.07) is 0.0257. The largest absolute Gasteiger partial charge is 0.322 e. The molecule has 0 aromatic carbocycles. The lowest BCUT2D eigenvalue weighted by Crippen LogP contribution is -2.13. The fraction of sp³-hybridized carbons (Fsp3) is 0.400. The molecule has 0 bridgehead atoms. The van der Waals surface area contributed by atoms with Gasteiger partial charge in [-0.25, -0.2) is 9.97 Å². The second kappa shape index (κ2) is 5.49. The summed E-state index contributed by atoms with van der Waals surface area (Å²) in [4.78, 5) is 8.64. The van der Waals surface area contributed by atoms with Gasteiger partial charge in [0, 0.05) is 30.0 Å². The monoisotopic (exact) mass is 254 g/mol. The molecular formula is C10H14N4S2. The predicted octanol–water partition coefficient (Wildman–Crippen LogP) is 1.91. The number of nitrogens with zero attached hydrogens (tertiary/aromatic N) is 2. The normalized spacial score (nSPS) is 12.9. The Labute approximate surface area is 103 Å². The van der Waals surface area contributed by atoms with Crippen molar-refractivity contribution in [3.05, 3.63) is 32.7 Å². The van der Waals surface area contributed by atoms with Crippen molar-refractivity contribution in [1.82, 2.24) is 15.3 Å². The van der Waals surface area contributed by atoms with Gasteiger partial charge < -0.3 is 11.1 Å². The fourth-order valence-corrected chi connectivity index (χ4v) is 2.61. The van der Waals surface area contributed by atoms with Crippen molar-refractivity contribution in [3.63, 3.8) is 0 Å². The Morgan fingerprint density at radius 2 is 2.31 bits per heavy atom. The van der Waals surface area contributed by atoms with E-state index in [-0.39, 0.29) is 6.04 Å². The first-order chi connectivity index (χ1) is 7.75. The van der Waals surface area contributed by atoms with Crippen LogP contribution in [0.2, 0.25) is 0 Å². The molecular weight excluding hydrogens is 240 g/mol. The van der Waals surface area contributed by atoms with E-state index in [0.29, 0.717) is 0 Å². The van der Waals surface area contributed by atoms with E-state index in [4.69, 9.17) is 5.73 Å². The van der Waals surface area contributed by atoms with Gasteiger partial charge in [-0.3, -0.25) is 0 Å². The zero-order chi connectivity index (χ0) is 11.4. The summed E-state index contributed by atoms with van der Waals surface area (Å²) in [6.07, 6.45) is 1.82. The maximum Gasteiger partial charge on any atom is 0.109 e. The molecule has 2 rings (SSSR count). The molecule has 0 aliphatic heterocycles. The van der Waals surface area contributed by atoms with Gasteiger partial charge in [0.05, 0.1) is 11.7 Å². The minimum absolute atomic E-state index is 0.0257. The van der Waals surface area contributed by atoms with Gasteiger partial charge in [0.2, 0.25) is 0 Å². The molecule has 0 aliphatic carbocycles. The average molecular weight is 254 g/mol. The highest BCUT2D eigenvalue weighted by Crippen LogP contribution is 2.15. The Bertz CT molecular complexity index is 422. The quantitative estimate of drug-likeness (QED) is 0.855. The topological polar surface area (TPSA) is 63.8 Å². The average Bonchev–Trinajstić information content (AvgIpc) is 2.87. The van der Waals surface area contributed by atoms with E-state index >= 15 is 0 Å². The van der Waals surface area contributed by atoms with Crippen molar-refractivity contribution in [3.8, 4) is 0 Å². The zero-order valence-electron chi connectivity index (χ0n) is 9.01. The highest BCUT2D eigenvalue weighted by atomic mass is 32.1. The summed E-state index contributed by atoms with van der Waals surface area (Å²) in [6.45, 7) is 3.51. The maximum atomic E-state index is 5.75. The van der Waals surface area contributed by atoms with Crippen molar-refractivity contribution in [1.29, 1.82) is 0 Å². The molecule has 0 saturated heterocycles. The second-order valence-electron chi connectivity index (χ2n) is 3.50. The second-order valence-corrected chi connectivity index (χ2v) is 5.36. The van der Waals surface area contributed by atoms with Crippen LogP contribution >= 0.6 is 22.7 Å². The van der Waals surface area contributed by atoms with Gasteiger partial charge >= 0.3 is 0 Å². The van der Waals surface area contributed by atoms with E-state index in [0.717, 1.165) is 28.8 Å². The van der Waals surface area contributed by atoms with Crippen LogP contribution in [0.5, 0.6) is 0 Å². The highest BCUT2D eigenvalue weighted by molar-refractivity contribution is 7.09. The first-order valence-corrected chi connectivity index (χ1v) is 6.80. The first kappa shape index (κ1) is 11.7. The van der Waals surface area contributed by atoms with Crippen molar-refractivity contribution >= 4 is 22.7 Å². The Balaban J connectivity index is 1.81. The third kappa shape index (κ3) is 3.08. The Kier molecular flexibility index (Phi) is 4.00. The Hall–Kier alpha value is -0.820. The molecule has 0 spiro atoms. The molecule has 0 radical (unpaired) electrons. The highest BCUT2D eigenvalue weighted by Gasteiger charge is 2.05. The SMILES string of the molecule is CC(N)c1nc(CNCc2nccs2)cs1. The van der Waals surface area contributed by atoms with Crippen LogP contribution < -0.4 is 11.1 Å². The molecule has 86 valence electrons. The molecule has 0 amide bonds. The summed E-state index contributed by atoms with van der Waals surface area (Å²) in [5, 5.41) is 9.43. The molecule has 16 heavy (non-hydrogen) atoms. The zero-order valence-corrected chi connectivity index (χ0v) is 10.6. The Morgan fingerprint density at radius 3 is 2.94 bits per heavy atom. The Morgan fingerprint density at radius 1 is 1.44 bits per heavy atom. The molecule has 3 N–H and O–H groups in total. The third-order valence-electron chi connectivity index (χ3n) is 2.02. The minimum Gasteiger partial charge on any atom is -0.322 e. The molecule has 0 saturated carbocycles. The summed E-state index contributed by atoms with van der Waals surface area (Å²) in [7, 11) is 0. The van der Waals surface area contributed by atoms with Crippen molar-refractivity contribution < 1.29 is 0 Å². The molecule has 6 heteroatoms. The predicted molar refractivity (Wildman–Crippen MR) is 67.4 cm³/mol. The molecule has 2 heterocycles. The molecule has 0 fully saturated rings. The van der Waals surface area contributed by atoms with Gasteiger partial charge in [-0.2, -0.15) is 0 Å². The van der Waals surface area contributed by atoms with Crippen LogP contribution in [0.1, 0.15) is 28.7 Å². The number of nitrogens with one attached hydrogen (secondary N) is 1. The maximum absolute atomic E-state index is 5.75. The van der Waals surface area contributed by atoms with Crippen LogP contribution in [0.4, 0.5) is 0 Å². The van der Waals surface area contributed by atoms with Crippen LogP contribution in [-0.2, 0) is 13.1 Å². The van der Waals surface area contributed by atoms with Crippen molar-refractivity contribution in [2.75, 3.05) is 0 Å². The molecule has 1 atom stereocenters. The molecule has 4 nitrogen and oxygen atoms in total. The van der Waals surface area contributed by atoms with Crippen LogP contribution in [0.3, 0.4) is 0 Å². The summed E-state index contributed by atoms with van der Waals surface area (Å²) in [5.41, 5.74) is 6.80. The lowest BCUT2D eigenvalue weighted by Gasteiger charge is -2.00. The standard InChI is InChI=1S/C10H14N4S2/c1-7(11)10-14-8(6-16-10)4-12-5-9-13-2-3-15-9/h2-3,6-7,12H,4-5,11H2,1H3. The van der Waals surface area contributed by atoms with E-state index in [1.54, 1.807) is 22.7 Å². The van der Waals surface area contributed by atoms with Gasteiger partial charge in [-0.15, -0.1) is 22.7 Å². The number of thiazole rings is 2. The van der Waals surface area contributed by atoms with E-state index in [2.05, 4.69) is 15.3 Å². The number of nitrogens with two attached hydrogens (primary N) is 1. The molecule has 1 unspecified atom stereocenters. The van der Waals surface area contributed by atoms with E-state index in [9.17, 15) is 0 Å². The van der Waals surface area contributed by atoms with Gasteiger partial charge in [0.1, 0.15) is 10.0 Å². The number of hydrogen-bond donors (Lipinski definition) is 2. The first-order valence-electron chi connectivity index (χ1n) is 5.04. The van der Waals surface area contributed by atoms with Gasteiger partial charge in [-0.1, -0.05) is 0 Å². The number of hydrogen-bond acceptors (Lipinski definition) is 6. The third-order valence-corrected chi connectivity index (χ3v) is 3.90. The fourth-order valence-electron chi connectivity index (χ4n) is 1.25. The number of aromatic nitrogens is 2. The van der Waals surface area contributed by atoms with Crippen LogP contribution in [-0.4, -0.2) is 9.97 Å². The smallest absolute Gasteiger partial charge is 0.109 e. The lowest BCUT2D eigenvalue weighted by atomic mass is 10.4. The molecule has 2 aromatic rings. The van der Waals surface area contributed by atoms with Crippen LogP contribution in [0.15, 0.2) is 17.0 Å². The molecule has 2 aromatic heterocycles. The van der Waals surface area contributed by atoms with Crippen LogP contribution in [0, 0.1) is 0 Å². The summed E-state index contributed by atoms with van der Waals surface area (Å²) in [5.74, 6) is 0. The van der Waals surface area contributed by atoms with Crippen molar-refractivity contribution in [2.24, 2.45) is 5.73 Å². The van der Waals surface area contributed by atoms with E-state index < -0.39 is 0 Å². The summed E-state index contributed by atoms with van der Waals surface area (Å²) < 4.78 is 0. The van der Waals surface area contributed by atoms with Crippen molar-refractivity contribution in [2.45, 2.75) is 26.1 Å². The van der Waals surface area contributed by atoms with Gasteiger partial charge in [-0.05, 0) is 6.92 Å². The summed E-state index contributed by atoms with van der Waals surface area (Å²) >= 11 is 3.27. The molecule has 0 aliphatic rings. The lowest BCUT2D eigenvalue weighted by molar-refractivity contribution is 0.674.